The summed E-state index contributed by atoms with van der Waals surface area (Å²) in [6.07, 6.45) is 0.261. The maximum atomic E-state index is 12.9. The molecule has 3 rings (SSSR count). The van der Waals surface area contributed by atoms with Gasteiger partial charge in [-0.15, -0.1) is 0 Å². The molecule has 1 fully saturated rings. The Balaban J connectivity index is 1.67. The summed E-state index contributed by atoms with van der Waals surface area (Å²) in [7, 11) is 3.13. The van der Waals surface area contributed by atoms with Crippen LogP contribution in [-0.4, -0.2) is 49.7 Å². The van der Waals surface area contributed by atoms with Crippen LogP contribution in [0.4, 0.5) is 10.5 Å². The van der Waals surface area contributed by atoms with E-state index in [2.05, 4.69) is 5.32 Å². The van der Waals surface area contributed by atoms with Gasteiger partial charge in [0.2, 0.25) is 5.91 Å². The number of urea groups is 1. The number of hydrogen-bond acceptors (Lipinski definition) is 4. The van der Waals surface area contributed by atoms with Crippen LogP contribution in [0.2, 0.25) is 0 Å². The molecule has 1 atom stereocenters. The van der Waals surface area contributed by atoms with Crippen molar-refractivity contribution in [3.8, 4) is 11.5 Å². The summed E-state index contributed by atoms with van der Waals surface area (Å²) in [6.45, 7) is 4.90. The Hall–Kier alpha value is -3.22. The first-order valence-corrected chi connectivity index (χ1v) is 10.1. The highest BCUT2D eigenvalue weighted by Crippen LogP contribution is 2.33. The molecule has 7 heteroatoms. The summed E-state index contributed by atoms with van der Waals surface area (Å²) in [5.41, 5.74) is 1.79. The third-order valence-corrected chi connectivity index (χ3v) is 5.21. The molecule has 1 heterocycles. The first-order valence-electron chi connectivity index (χ1n) is 10.1. The highest BCUT2D eigenvalue weighted by Gasteiger charge is 2.33. The van der Waals surface area contributed by atoms with Gasteiger partial charge in [0.05, 0.1) is 20.3 Å². The third kappa shape index (κ3) is 4.84. The third-order valence-electron chi connectivity index (χ3n) is 5.21. The van der Waals surface area contributed by atoms with Gasteiger partial charge in [-0.05, 0) is 31.5 Å². The van der Waals surface area contributed by atoms with E-state index >= 15 is 0 Å². The smallest absolute Gasteiger partial charge is 0.318 e. The van der Waals surface area contributed by atoms with E-state index in [1.54, 1.807) is 36.2 Å². The zero-order valence-corrected chi connectivity index (χ0v) is 17.9. The van der Waals surface area contributed by atoms with E-state index in [1.807, 2.05) is 50.2 Å². The normalized spacial score (nSPS) is 16.0. The number of amides is 3. The van der Waals surface area contributed by atoms with Gasteiger partial charge >= 0.3 is 6.03 Å². The highest BCUT2D eigenvalue weighted by atomic mass is 16.5. The molecule has 1 aliphatic rings. The fraction of sp³-hybridized carbons (Fsp3) is 0.391. The molecule has 0 aromatic heterocycles. The van der Waals surface area contributed by atoms with Crippen molar-refractivity contribution >= 4 is 17.6 Å². The van der Waals surface area contributed by atoms with E-state index in [-0.39, 0.29) is 30.4 Å². The number of benzene rings is 2. The van der Waals surface area contributed by atoms with Crippen LogP contribution < -0.4 is 19.7 Å². The van der Waals surface area contributed by atoms with Gasteiger partial charge < -0.3 is 24.6 Å². The van der Waals surface area contributed by atoms with E-state index in [1.165, 1.54) is 0 Å². The molecule has 160 valence electrons. The Morgan fingerprint density at radius 2 is 1.83 bits per heavy atom. The van der Waals surface area contributed by atoms with Crippen molar-refractivity contribution in [2.45, 2.75) is 38.9 Å². The van der Waals surface area contributed by atoms with Gasteiger partial charge in [-0.2, -0.15) is 0 Å². The van der Waals surface area contributed by atoms with Gasteiger partial charge in [0.1, 0.15) is 0 Å². The van der Waals surface area contributed by atoms with Crippen molar-refractivity contribution in [1.82, 2.24) is 10.2 Å². The number of carbonyl (C=O) groups excluding carboxylic acids is 2. The monoisotopic (exact) mass is 411 g/mol. The first kappa shape index (κ1) is 21.5. The molecular weight excluding hydrogens is 382 g/mol. The molecule has 30 heavy (non-hydrogen) atoms. The van der Waals surface area contributed by atoms with E-state index in [0.29, 0.717) is 24.6 Å². The molecule has 3 amide bonds. The van der Waals surface area contributed by atoms with Gasteiger partial charge in [-0.3, -0.25) is 4.79 Å². The molecule has 2 aromatic rings. The molecule has 0 saturated carbocycles. The number of methoxy groups -OCH3 is 2. The van der Waals surface area contributed by atoms with E-state index < -0.39 is 0 Å². The highest BCUT2D eigenvalue weighted by molar-refractivity contribution is 5.97. The molecule has 0 bridgehead atoms. The lowest BCUT2D eigenvalue weighted by Crippen LogP contribution is -2.48. The summed E-state index contributed by atoms with van der Waals surface area (Å²) in [6, 6.07) is 14.9. The molecule has 0 aliphatic carbocycles. The molecule has 1 N–H and O–H groups in total. The summed E-state index contributed by atoms with van der Waals surface area (Å²) in [4.78, 5) is 29.0. The first-order chi connectivity index (χ1) is 14.4. The number of anilines is 1. The summed E-state index contributed by atoms with van der Waals surface area (Å²) in [5.74, 6) is 1.13. The summed E-state index contributed by atoms with van der Waals surface area (Å²) >= 11 is 0. The van der Waals surface area contributed by atoms with Crippen LogP contribution in [0.3, 0.4) is 0 Å². The summed E-state index contributed by atoms with van der Waals surface area (Å²) in [5, 5.41) is 3.03. The molecular formula is C23H29N3O4. The molecule has 1 saturated heterocycles. The predicted octanol–water partition coefficient (Wildman–Crippen LogP) is 3.43. The Bertz CT molecular complexity index is 885. The van der Waals surface area contributed by atoms with Crippen LogP contribution in [-0.2, 0) is 11.3 Å². The minimum Gasteiger partial charge on any atom is -0.493 e. The van der Waals surface area contributed by atoms with Crippen molar-refractivity contribution in [3.05, 3.63) is 54.1 Å². The minimum absolute atomic E-state index is 0.0317. The number of nitrogens with zero attached hydrogens (tertiary/aromatic N) is 2. The Kier molecular flexibility index (Phi) is 6.82. The number of hydrogen-bond donors (Lipinski definition) is 1. The largest absolute Gasteiger partial charge is 0.493 e. The molecule has 7 nitrogen and oxygen atoms in total. The molecule has 0 spiro atoms. The van der Waals surface area contributed by atoms with Crippen molar-refractivity contribution in [2.75, 3.05) is 25.7 Å². The number of ether oxygens (including phenoxy) is 2. The minimum atomic E-state index is -0.255. The Labute approximate surface area is 177 Å². The van der Waals surface area contributed by atoms with Crippen molar-refractivity contribution in [2.24, 2.45) is 0 Å². The number of nitrogens with one attached hydrogen (secondary N) is 1. The lowest BCUT2D eigenvalue weighted by Gasteiger charge is -2.28. The van der Waals surface area contributed by atoms with Gasteiger partial charge in [0.15, 0.2) is 11.5 Å². The zero-order valence-electron chi connectivity index (χ0n) is 17.9. The summed E-state index contributed by atoms with van der Waals surface area (Å²) < 4.78 is 10.6. The topological polar surface area (TPSA) is 71.1 Å². The van der Waals surface area contributed by atoms with Crippen LogP contribution in [0, 0.1) is 0 Å². The van der Waals surface area contributed by atoms with Crippen molar-refractivity contribution in [1.29, 1.82) is 0 Å². The molecule has 2 aromatic carbocycles. The van der Waals surface area contributed by atoms with Gasteiger partial charge in [0, 0.05) is 37.3 Å². The van der Waals surface area contributed by atoms with E-state index in [0.717, 1.165) is 11.3 Å². The fourth-order valence-corrected chi connectivity index (χ4v) is 3.57. The van der Waals surface area contributed by atoms with Crippen LogP contribution >= 0.6 is 0 Å². The Morgan fingerprint density at radius 3 is 2.47 bits per heavy atom. The lowest BCUT2D eigenvalue weighted by atomic mass is 10.2. The zero-order chi connectivity index (χ0) is 21.7. The number of carbonyl (C=O) groups is 2. The molecule has 0 unspecified atom stereocenters. The average molecular weight is 412 g/mol. The second-order valence-corrected chi connectivity index (χ2v) is 7.60. The average Bonchev–Trinajstić information content (AvgIpc) is 3.11. The quantitative estimate of drug-likeness (QED) is 0.758. The van der Waals surface area contributed by atoms with Crippen LogP contribution in [0.1, 0.15) is 25.8 Å². The second kappa shape index (κ2) is 9.52. The standard InChI is InChI=1S/C23H29N3O4/c1-16(2)25(14-17-8-6-5-7-9-17)23(28)24-18-12-22(27)26(15-18)19-10-11-20(29-3)21(13-19)30-4/h5-11,13,16,18H,12,14-15H2,1-4H3,(H,24,28)/t18-/m0/s1. The lowest BCUT2D eigenvalue weighted by molar-refractivity contribution is -0.117. The van der Waals surface area contributed by atoms with Gasteiger partial charge in [-0.25, -0.2) is 4.79 Å². The van der Waals surface area contributed by atoms with Crippen LogP contribution in [0.5, 0.6) is 11.5 Å². The van der Waals surface area contributed by atoms with Crippen LogP contribution in [0.15, 0.2) is 48.5 Å². The van der Waals surface area contributed by atoms with Crippen LogP contribution in [0.25, 0.3) is 0 Å². The molecule has 1 aliphatic heterocycles. The second-order valence-electron chi connectivity index (χ2n) is 7.60. The SMILES string of the molecule is COc1ccc(N2C[C@@H](NC(=O)N(Cc3ccccc3)C(C)C)CC2=O)cc1OC. The maximum absolute atomic E-state index is 12.9. The van der Waals surface area contributed by atoms with Gasteiger partial charge in [-0.1, -0.05) is 30.3 Å². The molecule has 0 radical (unpaired) electrons. The fourth-order valence-electron chi connectivity index (χ4n) is 3.57. The Morgan fingerprint density at radius 1 is 1.13 bits per heavy atom. The van der Waals surface area contributed by atoms with Crippen molar-refractivity contribution < 1.29 is 19.1 Å². The van der Waals surface area contributed by atoms with Gasteiger partial charge in [0.25, 0.3) is 0 Å². The van der Waals surface area contributed by atoms with E-state index in [9.17, 15) is 9.59 Å². The maximum Gasteiger partial charge on any atom is 0.318 e. The van der Waals surface area contributed by atoms with Crippen molar-refractivity contribution in [3.63, 3.8) is 0 Å². The number of rotatable bonds is 7. The predicted molar refractivity (Wildman–Crippen MR) is 116 cm³/mol. The van der Waals surface area contributed by atoms with E-state index in [4.69, 9.17) is 9.47 Å².